The predicted molar refractivity (Wildman–Crippen MR) is 125 cm³/mol. The molecule has 0 atom stereocenters. The Bertz CT molecular complexity index is 1230. The molecule has 0 radical (unpaired) electrons. The first kappa shape index (κ1) is 24.0. The Morgan fingerprint density at radius 1 is 0.909 bits per heavy atom. The van der Waals surface area contributed by atoms with Gasteiger partial charge in [-0.1, -0.05) is 44.2 Å². The zero-order valence-corrected chi connectivity index (χ0v) is 19.4. The van der Waals surface area contributed by atoms with E-state index < -0.39 is 22.6 Å². The van der Waals surface area contributed by atoms with Gasteiger partial charge in [-0.3, -0.25) is 9.52 Å². The lowest BCUT2D eigenvalue weighted by Crippen LogP contribution is -2.16. The van der Waals surface area contributed by atoms with Gasteiger partial charge in [-0.25, -0.2) is 13.2 Å². The van der Waals surface area contributed by atoms with Gasteiger partial charge in [0.1, 0.15) is 5.75 Å². The van der Waals surface area contributed by atoms with Gasteiger partial charge in [-0.15, -0.1) is 0 Å². The normalized spacial score (nSPS) is 11.2. The molecule has 0 aliphatic rings. The molecule has 0 unspecified atom stereocenters. The van der Waals surface area contributed by atoms with E-state index in [1.807, 2.05) is 12.1 Å². The van der Waals surface area contributed by atoms with E-state index in [0.29, 0.717) is 22.9 Å². The van der Waals surface area contributed by atoms with Crippen LogP contribution < -0.4 is 9.46 Å². The first-order valence-electron chi connectivity index (χ1n) is 10.3. The lowest BCUT2D eigenvalue weighted by atomic mass is 10.0. The Balaban J connectivity index is 1.66. The van der Waals surface area contributed by atoms with Gasteiger partial charge < -0.3 is 9.47 Å². The number of ether oxygens (including phenoxy) is 2. The molecule has 33 heavy (non-hydrogen) atoms. The molecule has 7 nitrogen and oxygen atoms in total. The van der Waals surface area contributed by atoms with Crippen molar-refractivity contribution in [3.8, 4) is 5.75 Å². The quantitative estimate of drug-likeness (QED) is 0.363. The molecule has 3 rings (SSSR count). The number of benzene rings is 3. The third-order valence-electron chi connectivity index (χ3n) is 4.96. The van der Waals surface area contributed by atoms with Crippen LogP contribution in [0.3, 0.4) is 0 Å². The fourth-order valence-electron chi connectivity index (χ4n) is 3.02. The summed E-state index contributed by atoms with van der Waals surface area (Å²) in [7, 11) is -2.43. The number of methoxy groups -OCH3 is 1. The van der Waals surface area contributed by atoms with Crippen molar-refractivity contribution in [2.75, 3.05) is 18.4 Å². The van der Waals surface area contributed by atoms with E-state index in [1.165, 1.54) is 31.4 Å². The maximum absolute atomic E-state index is 12.7. The molecule has 0 aliphatic heterocycles. The van der Waals surface area contributed by atoms with Crippen molar-refractivity contribution in [2.45, 2.75) is 24.7 Å². The second kappa shape index (κ2) is 10.3. The topological polar surface area (TPSA) is 98.8 Å². The number of Topliss-reactive ketones (excluding diaryl/α,β-unsaturated/α-hetero) is 1. The molecule has 0 spiro atoms. The molecule has 1 N–H and O–H groups in total. The first-order valence-corrected chi connectivity index (χ1v) is 11.7. The van der Waals surface area contributed by atoms with E-state index in [1.54, 1.807) is 36.4 Å². The summed E-state index contributed by atoms with van der Waals surface area (Å²) in [6, 6.07) is 18.9. The van der Waals surface area contributed by atoms with Gasteiger partial charge in [0.05, 0.1) is 17.6 Å². The first-order chi connectivity index (χ1) is 15.7. The lowest BCUT2D eigenvalue weighted by molar-refractivity contribution is 0.0474. The van der Waals surface area contributed by atoms with E-state index >= 15 is 0 Å². The third-order valence-corrected chi connectivity index (χ3v) is 6.33. The predicted octanol–water partition coefficient (Wildman–Crippen LogP) is 4.66. The molecule has 0 amide bonds. The van der Waals surface area contributed by atoms with Crippen LogP contribution in [0.15, 0.2) is 77.7 Å². The number of nitrogens with one attached hydrogen (secondary N) is 1. The second-order valence-electron chi connectivity index (χ2n) is 7.64. The molecule has 0 bridgehead atoms. The molecule has 0 saturated heterocycles. The molecule has 0 fully saturated rings. The maximum Gasteiger partial charge on any atom is 0.338 e. The number of hydrogen-bond donors (Lipinski definition) is 1. The minimum atomic E-state index is -3.94. The Hall–Kier alpha value is -3.65. The minimum Gasteiger partial charge on any atom is -0.497 e. The Morgan fingerprint density at radius 3 is 2.18 bits per heavy atom. The van der Waals surface area contributed by atoms with Gasteiger partial charge in [0, 0.05) is 11.3 Å². The average Bonchev–Trinajstić information content (AvgIpc) is 2.82. The van der Waals surface area contributed by atoms with Crippen molar-refractivity contribution in [3.05, 3.63) is 89.5 Å². The molecule has 172 valence electrons. The minimum absolute atomic E-state index is 0.0237. The largest absolute Gasteiger partial charge is 0.497 e. The fourth-order valence-corrected chi connectivity index (χ4v) is 4.12. The van der Waals surface area contributed by atoms with Crippen LogP contribution in [0.25, 0.3) is 0 Å². The second-order valence-corrected chi connectivity index (χ2v) is 9.32. The standard InChI is InChI=1S/C25H25NO6S/c1-17(2)18-7-9-19(10-8-18)24(27)16-32-25(28)20-5-4-6-23(15-20)33(29,30)26-21-11-13-22(31-3)14-12-21/h4-15,17,26H,16H2,1-3H3. The molecule has 3 aromatic rings. The monoisotopic (exact) mass is 467 g/mol. The third kappa shape index (κ3) is 6.20. The van der Waals surface area contributed by atoms with Crippen LogP contribution in [0.1, 0.15) is 46.0 Å². The highest BCUT2D eigenvalue weighted by atomic mass is 32.2. The Labute approximate surface area is 193 Å². The van der Waals surface area contributed by atoms with Crippen molar-refractivity contribution in [2.24, 2.45) is 0 Å². The molecular formula is C25H25NO6S. The summed E-state index contributed by atoms with van der Waals surface area (Å²) in [6.07, 6.45) is 0. The summed E-state index contributed by atoms with van der Waals surface area (Å²) in [6.45, 7) is 3.67. The molecule has 0 aromatic heterocycles. The van der Waals surface area contributed by atoms with Crippen LogP contribution in [-0.2, 0) is 14.8 Å². The van der Waals surface area contributed by atoms with Gasteiger partial charge in [-0.05, 0) is 53.9 Å². The van der Waals surface area contributed by atoms with Crippen molar-refractivity contribution in [3.63, 3.8) is 0 Å². The summed E-state index contributed by atoms with van der Waals surface area (Å²) < 4.78 is 38.0. The van der Waals surface area contributed by atoms with Crippen LogP contribution in [0.2, 0.25) is 0 Å². The Morgan fingerprint density at radius 2 is 1.58 bits per heavy atom. The van der Waals surface area contributed by atoms with E-state index in [4.69, 9.17) is 9.47 Å². The SMILES string of the molecule is COc1ccc(NS(=O)(=O)c2cccc(C(=O)OCC(=O)c3ccc(C(C)C)cc3)c2)cc1. The van der Waals surface area contributed by atoms with E-state index in [9.17, 15) is 18.0 Å². The van der Waals surface area contributed by atoms with Crippen molar-refractivity contribution >= 4 is 27.5 Å². The van der Waals surface area contributed by atoms with Crippen molar-refractivity contribution < 1.29 is 27.5 Å². The van der Waals surface area contributed by atoms with E-state index in [2.05, 4.69) is 18.6 Å². The number of ketones is 1. The molecule has 0 saturated carbocycles. The summed E-state index contributed by atoms with van der Waals surface area (Å²) in [5.74, 6) is -0.199. The summed E-state index contributed by atoms with van der Waals surface area (Å²) in [5, 5.41) is 0. The number of carbonyl (C=O) groups is 2. The average molecular weight is 468 g/mol. The van der Waals surface area contributed by atoms with Gasteiger partial charge in [0.2, 0.25) is 0 Å². The molecule has 0 heterocycles. The maximum atomic E-state index is 12.7. The fraction of sp³-hybridized carbons (Fsp3) is 0.200. The smallest absolute Gasteiger partial charge is 0.338 e. The van der Waals surface area contributed by atoms with Gasteiger partial charge >= 0.3 is 5.97 Å². The number of esters is 1. The molecule has 3 aromatic carbocycles. The van der Waals surface area contributed by atoms with Crippen LogP contribution in [0.5, 0.6) is 5.75 Å². The summed E-state index contributed by atoms with van der Waals surface area (Å²) in [5.41, 5.74) is 1.91. The van der Waals surface area contributed by atoms with Crippen molar-refractivity contribution in [1.82, 2.24) is 0 Å². The number of anilines is 1. The highest BCUT2D eigenvalue weighted by Crippen LogP contribution is 2.20. The number of rotatable bonds is 9. The van der Waals surface area contributed by atoms with E-state index in [0.717, 1.165) is 5.56 Å². The van der Waals surface area contributed by atoms with Gasteiger partial charge in [0.15, 0.2) is 12.4 Å². The highest BCUT2D eigenvalue weighted by Gasteiger charge is 2.18. The number of sulfonamides is 1. The van der Waals surface area contributed by atoms with Gasteiger partial charge in [-0.2, -0.15) is 0 Å². The number of hydrogen-bond acceptors (Lipinski definition) is 6. The highest BCUT2D eigenvalue weighted by molar-refractivity contribution is 7.92. The van der Waals surface area contributed by atoms with Crippen LogP contribution >= 0.6 is 0 Å². The molecule has 0 aliphatic carbocycles. The zero-order valence-electron chi connectivity index (χ0n) is 18.6. The summed E-state index contributed by atoms with van der Waals surface area (Å²) >= 11 is 0. The zero-order chi connectivity index (χ0) is 24.0. The van der Waals surface area contributed by atoms with Crippen LogP contribution in [-0.4, -0.2) is 33.9 Å². The number of carbonyl (C=O) groups excluding carboxylic acids is 2. The molecular weight excluding hydrogens is 442 g/mol. The van der Waals surface area contributed by atoms with Crippen LogP contribution in [0.4, 0.5) is 5.69 Å². The lowest BCUT2D eigenvalue weighted by Gasteiger charge is -2.10. The molecule has 8 heteroatoms. The van der Waals surface area contributed by atoms with E-state index in [-0.39, 0.29) is 16.2 Å². The van der Waals surface area contributed by atoms with Crippen molar-refractivity contribution in [1.29, 1.82) is 0 Å². The van der Waals surface area contributed by atoms with Crippen LogP contribution in [0, 0.1) is 0 Å². The summed E-state index contributed by atoms with van der Waals surface area (Å²) in [4.78, 5) is 24.7. The van der Waals surface area contributed by atoms with Gasteiger partial charge in [0.25, 0.3) is 10.0 Å². The Kier molecular flexibility index (Phi) is 7.50.